The number of anilines is 4. The van der Waals surface area contributed by atoms with E-state index in [2.05, 4.69) is 20.6 Å². The van der Waals surface area contributed by atoms with E-state index in [0.29, 0.717) is 16.8 Å². The van der Waals surface area contributed by atoms with E-state index >= 15 is 4.39 Å². The Labute approximate surface area is 172 Å². The molecule has 2 aliphatic rings. The van der Waals surface area contributed by atoms with Crippen molar-refractivity contribution < 1.29 is 4.39 Å². The Kier molecular flexibility index (Phi) is 4.76. The molecule has 1 aromatic carbocycles. The predicted octanol–water partition coefficient (Wildman–Crippen LogP) is 2.11. The number of pyridine rings is 1. The summed E-state index contributed by atoms with van der Waals surface area (Å²) in [6, 6.07) is 4.44. The number of rotatable bonds is 2. The highest BCUT2D eigenvalue weighted by Gasteiger charge is 2.31. The predicted molar refractivity (Wildman–Crippen MR) is 112 cm³/mol. The lowest BCUT2D eigenvalue weighted by molar-refractivity contribution is 0.618. The van der Waals surface area contributed by atoms with Crippen molar-refractivity contribution in [1.82, 2.24) is 10.3 Å². The van der Waals surface area contributed by atoms with Crippen LogP contribution in [0, 0.1) is 35.5 Å². The van der Waals surface area contributed by atoms with Gasteiger partial charge in [-0.25, -0.2) is 14.4 Å². The van der Waals surface area contributed by atoms with Gasteiger partial charge < -0.3 is 21.7 Å². The van der Waals surface area contributed by atoms with Gasteiger partial charge in [0.25, 0.3) is 0 Å². The first-order chi connectivity index (χ1) is 14.4. The third-order valence-electron chi connectivity index (χ3n) is 5.43. The number of nitrogens with zero attached hydrogens (tertiary/aromatic N) is 5. The Hall–Kier alpha value is -4.05. The Morgan fingerprint density at radius 3 is 2.67 bits per heavy atom. The highest BCUT2D eigenvalue weighted by atomic mass is 19.1. The molecule has 0 radical (unpaired) electrons. The van der Waals surface area contributed by atoms with Crippen LogP contribution in [0.1, 0.15) is 41.1 Å². The minimum Gasteiger partial charge on any atom is -0.397 e. The van der Waals surface area contributed by atoms with E-state index in [4.69, 9.17) is 16.7 Å². The molecule has 0 aliphatic carbocycles. The zero-order valence-corrected chi connectivity index (χ0v) is 16.3. The van der Waals surface area contributed by atoms with Crippen LogP contribution in [0.3, 0.4) is 0 Å². The first kappa shape index (κ1) is 19.3. The van der Waals surface area contributed by atoms with E-state index in [1.165, 1.54) is 6.07 Å². The molecular formula is C20H20FN9. The Balaban J connectivity index is 1.89. The number of nitriles is 2. The van der Waals surface area contributed by atoms with Crippen LogP contribution in [-0.4, -0.2) is 24.0 Å². The van der Waals surface area contributed by atoms with Crippen LogP contribution in [0.5, 0.6) is 0 Å². The number of benzene rings is 1. The van der Waals surface area contributed by atoms with Gasteiger partial charge in [-0.05, 0) is 43.0 Å². The number of nitrogen functional groups attached to an aromatic ring is 2. The number of halogens is 1. The van der Waals surface area contributed by atoms with Gasteiger partial charge in [-0.3, -0.25) is 5.32 Å². The van der Waals surface area contributed by atoms with Gasteiger partial charge in [0.15, 0.2) is 6.19 Å². The lowest BCUT2D eigenvalue weighted by Crippen LogP contribution is -2.33. The summed E-state index contributed by atoms with van der Waals surface area (Å²) in [5.74, 6) is 0.00941. The van der Waals surface area contributed by atoms with Crippen LogP contribution in [0.2, 0.25) is 0 Å². The van der Waals surface area contributed by atoms with E-state index in [1.807, 2.05) is 17.9 Å². The molecule has 2 aliphatic heterocycles. The number of nitrogens with two attached hydrogens (primary N) is 2. The van der Waals surface area contributed by atoms with Crippen molar-refractivity contribution in [2.45, 2.75) is 25.8 Å². The minimum atomic E-state index is -0.764. The number of guanidine groups is 1. The van der Waals surface area contributed by atoms with Crippen molar-refractivity contribution in [3.05, 3.63) is 40.2 Å². The van der Waals surface area contributed by atoms with Gasteiger partial charge in [-0.1, -0.05) is 0 Å². The maximum atomic E-state index is 15.1. The summed E-state index contributed by atoms with van der Waals surface area (Å²) >= 11 is 0. The average molecular weight is 405 g/mol. The summed E-state index contributed by atoms with van der Waals surface area (Å²) in [7, 11) is 0. The van der Waals surface area contributed by atoms with E-state index < -0.39 is 6.04 Å². The zero-order valence-electron chi connectivity index (χ0n) is 16.3. The molecule has 3 heterocycles. The van der Waals surface area contributed by atoms with Crippen molar-refractivity contribution in [3.63, 3.8) is 0 Å². The van der Waals surface area contributed by atoms with E-state index in [1.54, 1.807) is 12.3 Å². The fraction of sp³-hybridized carbons (Fsp3) is 0.300. The van der Waals surface area contributed by atoms with Gasteiger partial charge in [0, 0.05) is 18.7 Å². The van der Waals surface area contributed by atoms with Gasteiger partial charge in [0.1, 0.15) is 35.1 Å². The van der Waals surface area contributed by atoms with Crippen LogP contribution in [0.4, 0.5) is 27.4 Å². The van der Waals surface area contributed by atoms with Crippen LogP contribution in [-0.2, 0) is 0 Å². The molecule has 9 nitrogen and oxygen atoms in total. The SMILES string of the molecule is Cc1cc(N2CCCC2)c(F)cc1C1N=C(NC#N)Nc2nc(N)c(C#N)c(N)c21. The standard InChI is InChI=1S/C20H20FN9/c1-10-6-14(30-4-2-3-5-30)13(21)7-11(10)17-15-16(24)12(8-22)18(25)28-19(15)29-20(27-17)26-9-23/h6-7,17H,2-5H2,1H3,(H6,24,25,26,27,28,29). The first-order valence-corrected chi connectivity index (χ1v) is 9.48. The molecule has 1 saturated heterocycles. The Morgan fingerprint density at radius 1 is 1.27 bits per heavy atom. The highest BCUT2D eigenvalue weighted by Crippen LogP contribution is 2.42. The summed E-state index contributed by atoms with van der Waals surface area (Å²) in [5, 5.41) is 23.7. The number of aryl methyl sites for hydroxylation is 1. The van der Waals surface area contributed by atoms with Crippen molar-refractivity contribution in [2.75, 3.05) is 34.8 Å². The molecule has 0 amide bonds. The van der Waals surface area contributed by atoms with Crippen LogP contribution in [0.15, 0.2) is 17.1 Å². The fourth-order valence-corrected chi connectivity index (χ4v) is 3.98. The molecule has 0 spiro atoms. The number of aliphatic imine (C=N–C) groups is 1. The van der Waals surface area contributed by atoms with E-state index in [0.717, 1.165) is 31.5 Å². The van der Waals surface area contributed by atoms with Crippen LogP contribution in [0.25, 0.3) is 0 Å². The third-order valence-corrected chi connectivity index (χ3v) is 5.43. The number of hydrogen-bond donors (Lipinski definition) is 4. The maximum Gasteiger partial charge on any atom is 0.211 e. The molecule has 10 heteroatoms. The third kappa shape index (κ3) is 3.08. The first-order valence-electron chi connectivity index (χ1n) is 9.48. The van der Waals surface area contributed by atoms with E-state index in [-0.39, 0.29) is 34.7 Å². The minimum absolute atomic E-state index is 0.0366. The van der Waals surface area contributed by atoms with E-state index in [9.17, 15) is 5.26 Å². The second-order valence-electron chi connectivity index (χ2n) is 7.26. The highest BCUT2D eigenvalue weighted by molar-refractivity contribution is 5.98. The largest absolute Gasteiger partial charge is 0.397 e. The Bertz CT molecular complexity index is 1140. The average Bonchev–Trinajstić information content (AvgIpc) is 3.24. The lowest BCUT2D eigenvalue weighted by atomic mass is 9.92. The van der Waals surface area contributed by atoms with Gasteiger partial charge in [0.2, 0.25) is 5.96 Å². The number of aromatic nitrogens is 1. The Morgan fingerprint density at radius 2 is 2.00 bits per heavy atom. The molecule has 2 aromatic rings. The molecule has 1 fully saturated rings. The molecule has 1 unspecified atom stereocenters. The molecule has 30 heavy (non-hydrogen) atoms. The molecule has 4 rings (SSSR count). The summed E-state index contributed by atoms with van der Waals surface area (Å²) in [4.78, 5) is 10.7. The monoisotopic (exact) mass is 405 g/mol. The quantitative estimate of drug-likeness (QED) is 0.438. The van der Waals surface area contributed by atoms with Crippen LogP contribution < -0.4 is 27.0 Å². The van der Waals surface area contributed by atoms with Gasteiger partial charge in [-0.2, -0.15) is 10.5 Å². The number of fused-ring (bicyclic) bond motifs is 1. The van der Waals surface area contributed by atoms with Crippen molar-refractivity contribution >= 4 is 29.0 Å². The molecule has 0 saturated carbocycles. The van der Waals surface area contributed by atoms with Gasteiger partial charge in [0.05, 0.1) is 11.4 Å². The topological polar surface area (TPSA) is 152 Å². The normalized spacial score (nSPS) is 17.4. The summed E-state index contributed by atoms with van der Waals surface area (Å²) < 4.78 is 15.1. The van der Waals surface area contributed by atoms with Crippen LogP contribution >= 0.6 is 0 Å². The molecule has 0 bridgehead atoms. The van der Waals surface area contributed by atoms with Crippen molar-refractivity contribution in [2.24, 2.45) is 4.99 Å². The summed E-state index contributed by atoms with van der Waals surface area (Å²) in [6.07, 6.45) is 3.87. The maximum absolute atomic E-state index is 15.1. The summed E-state index contributed by atoms with van der Waals surface area (Å²) in [6.45, 7) is 3.51. The number of nitrogens with one attached hydrogen (secondary N) is 2. The molecule has 6 N–H and O–H groups in total. The van der Waals surface area contributed by atoms with Crippen molar-refractivity contribution in [3.8, 4) is 12.3 Å². The molecule has 1 aromatic heterocycles. The van der Waals surface area contributed by atoms with Gasteiger partial charge in [-0.15, -0.1) is 0 Å². The van der Waals surface area contributed by atoms with Gasteiger partial charge >= 0.3 is 0 Å². The second kappa shape index (κ2) is 7.41. The second-order valence-corrected chi connectivity index (χ2v) is 7.26. The molecule has 1 atom stereocenters. The summed E-state index contributed by atoms with van der Waals surface area (Å²) in [5.41, 5.74) is 14.6. The van der Waals surface area contributed by atoms with Crippen molar-refractivity contribution in [1.29, 1.82) is 10.5 Å². The number of hydrogen-bond acceptors (Lipinski definition) is 9. The lowest BCUT2D eigenvalue weighted by Gasteiger charge is -2.28. The molecular weight excluding hydrogens is 385 g/mol. The fourth-order valence-electron chi connectivity index (χ4n) is 3.98. The zero-order chi connectivity index (χ0) is 21.4. The molecule has 152 valence electrons. The smallest absolute Gasteiger partial charge is 0.211 e.